The molecule has 3 aliphatic heterocycles. The molecule has 25 heteroatoms. The van der Waals surface area contributed by atoms with Crippen LogP contribution in [0.15, 0.2) is 9.63 Å². The average molecular weight is 594 g/mol. The number of esters is 2. The van der Waals surface area contributed by atoms with Crippen LogP contribution in [0.3, 0.4) is 0 Å². The molecule has 3 aliphatic rings. The third-order valence-corrected chi connectivity index (χ3v) is 6.81. The van der Waals surface area contributed by atoms with E-state index in [1.165, 1.54) is 11.8 Å². The Hall–Kier alpha value is -2.84. The van der Waals surface area contributed by atoms with Crippen molar-refractivity contribution in [3.8, 4) is 0 Å². The van der Waals surface area contributed by atoms with Crippen LogP contribution in [0.5, 0.6) is 0 Å². The van der Waals surface area contributed by atoms with Crippen molar-refractivity contribution in [2.45, 2.75) is 38.1 Å². The fourth-order valence-corrected chi connectivity index (χ4v) is 5.30. The minimum absolute atomic E-state index is 0. The summed E-state index contributed by atoms with van der Waals surface area (Å²) in [6.45, 7) is 2.87. The van der Waals surface area contributed by atoms with E-state index in [0.717, 1.165) is 0 Å². The van der Waals surface area contributed by atoms with Crippen molar-refractivity contribution in [2.24, 2.45) is 21.5 Å². The van der Waals surface area contributed by atoms with E-state index in [2.05, 4.69) is 24.2 Å². The van der Waals surface area contributed by atoms with Crippen molar-refractivity contribution in [1.82, 2.24) is 9.03 Å². The van der Waals surface area contributed by atoms with E-state index in [-0.39, 0.29) is 29.6 Å². The number of carbonyl (C=O) groups excluding carboxylic acids is 4. The Labute approximate surface area is 233 Å². The summed E-state index contributed by atoms with van der Waals surface area (Å²) >= 11 is 0. The Kier molecular flexibility index (Phi) is 12.6. The molecule has 196 valence electrons. The maximum atomic E-state index is 11.5. The number of amides is 2. The Morgan fingerprint density at radius 2 is 1.51 bits per heavy atom. The number of carbonyl (C=O) groups is 4. The second kappa shape index (κ2) is 13.6. The minimum atomic E-state index is -4.48. The SMILES string of the molecule is C[C@@H]1OC(=O)[C@@H](NS(=O)(=O)N=[N+]=[N-])[C@H]1C(=O)N=[N+]=[N-].C[C@@H]1OC(=O)[C@@H]2[C@H]1C(=O)N2S(=O)(=O)Cl.[N-]=[N+]=[N-].[Na+]. The van der Waals surface area contributed by atoms with E-state index < -0.39 is 79.3 Å². The molecule has 0 bridgehead atoms. The van der Waals surface area contributed by atoms with E-state index in [9.17, 15) is 36.0 Å². The number of ether oxygens (including phenoxy) is 2. The number of azide groups is 2. The number of nitrogens with one attached hydrogen (secondary N) is 1. The first-order chi connectivity index (χ1) is 16.6. The quantitative estimate of drug-likeness (QED) is 0.0640. The van der Waals surface area contributed by atoms with E-state index in [1.807, 2.05) is 0 Å². The normalized spacial score (nSPS) is 27.3. The van der Waals surface area contributed by atoms with Crippen LogP contribution in [0.25, 0.3) is 36.9 Å². The third kappa shape index (κ3) is 8.07. The molecular formula is C12H13ClN11NaO10S2. The van der Waals surface area contributed by atoms with Gasteiger partial charge in [0.25, 0.3) is 0 Å². The number of halogens is 1. The molecular weight excluding hydrogens is 581 g/mol. The van der Waals surface area contributed by atoms with Gasteiger partial charge in [-0.1, -0.05) is 0 Å². The van der Waals surface area contributed by atoms with Crippen LogP contribution in [0.4, 0.5) is 0 Å². The molecule has 0 radical (unpaired) electrons. The van der Waals surface area contributed by atoms with Crippen molar-refractivity contribution in [2.75, 3.05) is 0 Å². The Bertz CT molecular complexity index is 1310. The second-order valence-corrected chi connectivity index (χ2v) is 10.5. The number of cyclic esters (lactones) is 2. The fraction of sp³-hybridized carbons (Fsp3) is 0.667. The number of β-lactam (4-membered cyclic amide) rings is 1. The number of hydrogen-bond donors (Lipinski definition) is 1. The first kappa shape index (κ1) is 34.2. The molecule has 1 N–H and O–H groups in total. The molecule has 21 nitrogen and oxygen atoms in total. The van der Waals surface area contributed by atoms with Crippen LogP contribution in [0, 0.1) is 11.8 Å². The standard InChI is InChI=1S/C6H6ClNO5S.C6H7N7O5S.N3.Na/c1-2-3-4(6(10)13-2)8(5(3)9)14(7,11)12;1-2-3(5(14)9-11-7)4(6(15)18-2)10-19(16,17)13-12-8;1-3-2;/h2-4H,1H3;2-4,10H,1H3;;/q;;-1;+1/t2*2-,3-,4-;;/m00../s1. The summed E-state index contributed by atoms with van der Waals surface area (Å²) in [5.41, 5.74) is 29.7. The van der Waals surface area contributed by atoms with Crippen molar-refractivity contribution in [3.05, 3.63) is 36.9 Å². The molecule has 2 amide bonds. The summed E-state index contributed by atoms with van der Waals surface area (Å²) < 4.78 is 58.1. The molecule has 0 saturated carbocycles. The molecule has 6 atom stereocenters. The topological polar surface area (TPSA) is 327 Å². The van der Waals surface area contributed by atoms with Gasteiger partial charge in [0.15, 0.2) is 6.04 Å². The summed E-state index contributed by atoms with van der Waals surface area (Å²) in [7, 11) is -3.67. The summed E-state index contributed by atoms with van der Waals surface area (Å²) in [5, 5.41) is 2.79. The van der Waals surface area contributed by atoms with Gasteiger partial charge in [-0.2, -0.15) is 13.1 Å². The molecule has 0 unspecified atom stereocenters. The van der Waals surface area contributed by atoms with Crippen molar-refractivity contribution >= 4 is 53.9 Å². The zero-order valence-corrected chi connectivity index (χ0v) is 23.1. The average Bonchev–Trinajstić information content (AvgIpc) is 3.12. The van der Waals surface area contributed by atoms with Crippen LogP contribution in [0.2, 0.25) is 0 Å². The Morgan fingerprint density at radius 3 is 1.97 bits per heavy atom. The van der Waals surface area contributed by atoms with Crippen LogP contribution in [-0.4, -0.2) is 69.2 Å². The molecule has 3 saturated heterocycles. The van der Waals surface area contributed by atoms with Gasteiger partial charge in [0.2, 0.25) is 11.8 Å². The smallest absolute Gasteiger partial charge is 0.461 e. The Balaban J connectivity index is 0.000000636. The molecule has 0 aromatic rings. The first-order valence-corrected chi connectivity index (χ1v) is 12.6. The third-order valence-electron chi connectivity index (χ3n) is 4.65. The van der Waals surface area contributed by atoms with E-state index in [4.69, 9.17) is 37.5 Å². The van der Waals surface area contributed by atoms with Gasteiger partial charge in [-0.15, -0.1) is 0 Å². The summed E-state index contributed by atoms with van der Waals surface area (Å²) in [6, 6.07) is -2.66. The number of nitrogens with zero attached hydrogens (tertiary/aromatic N) is 10. The Morgan fingerprint density at radius 1 is 1.00 bits per heavy atom. The monoisotopic (exact) mass is 593 g/mol. The molecule has 37 heavy (non-hydrogen) atoms. The number of hydrogen-bond acceptors (Lipinski definition) is 10. The van der Waals surface area contributed by atoms with Crippen molar-refractivity contribution < 1.29 is 75.0 Å². The molecule has 0 spiro atoms. The zero-order chi connectivity index (χ0) is 28.0. The van der Waals surface area contributed by atoms with Gasteiger partial charge in [-0.3, -0.25) is 19.3 Å². The molecule has 3 heterocycles. The van der Waals surface area contributed by atoms with Crippen LogP contribution in [0.1, 0.15) is 13.8 Å². The minimum Gasteiger partial charge on any atom is -0.461 e. The van der Waals surface area contributed by atoms with Crippen molar-refractivity contribution in [1.29, 1.82) is 0 Å². The van der Waals surface area contributed by atoms with E-state index in [1.54, 1.807) is 11.6 Å². The largest absolute Gasteiger partial charge is 1.00 e. The number of rotatable bonds is 5. The second-order valence-electron chi connectivity index (χ2n) is 6.72. The maximum Gasteiger partial charge on any atom is 1.00 e. The molecule has 3 fully saturated rings. The summed E-state index contributed by atoms with van der Waals surface area (Å²) in [6.07, 6.45) is -1.56. The molecule has 0 aromatic carbocycles. The van der Waals surface area contributed by atoms with Gasteiger partial charge in [-0.05, 0) is 30.0 Å². The predicted octanol–water partition coefficient (Wildman–Crippen LogP) is -2.99. The molecule has 3 rings (SSSR count). The van der Waals surface area contributed by atoms with E-state index >= 15 is 0 Å². The van der Waals surface area contributed by atoms with Gasteiger partial charge in [0.1, 0.15) is 24.2 Å². The van der Waals surface area contributed by atoms with Gasteiger partial charge in [-0.25, -0.2) is 17.5 Å². The fourth-order valence-electron chi connectivity index (χ4n) is 3.31. The summed E-state index contributed by atoms with van der Waals surface area (Å²) in [5.74, 6) is -5.51. The van der Waals surface area contributed by atoms with Gasteiger partial charge in [0.05, 0.1) is 5.92 Å². The van der Waals surface area contributed by atoms with Crippen LogP contribution >= 0.6 is 10.7 Å². The first-order valence-electron chi connectivity index (χ1n) is 8.92. The van der Waals surface area contributed by atoms with Gasteiger partial charge >= 0.3 is 60.9 Å². The van der Waals surface area contributed by atoms with Crippen LogP contribution in [-0.2, 0) is 48.1 Å². The summed E-state index contributed by atoms with van der Waals surface area (Å²) in [4.78, 5) is 51.1. The van der Waals surface area contributed by atoms with Crippen LogP contribution < -0.4 is 34.3 Å². The molecule has 0 aromatic heterocycles. The number of fused-ring (bicyclic) bond motifs is 1. The van der Waals surface area contributed by atoms with Gasteiger partial charge < -0.3 is 20.5 Å². The zero-order valence-electron chi connectivity index (χ0n) is 18.7. The van der Waals surface area contributed by atoms with E-state index in [0.29, 0.717) is 4.31 Å². The molecule has 0 aliphatic carbocycles. The maximum absolute atomic E-state index is 11.5. The predicted molar refractivity (Wildman–Crippen MR) is 113 cm³/mol. The van der Waals surface area contributed by atoms with Crippen molar-refractivity contribution in [3.63, 3.8) is 0 Å². The van der Waals surface area contributed by atoms with Gasteiger partial charge in [0, 0.05) is 25.0 Å².